The Morgan fingerprint density at radius 3 is 1.29 bits per heavy atom. The fourth-order valence-corrected chi connectivity index (χ4v) is 8.00. The summed E-state index contributed by atoms with van der Waals surface area (Å²) in [5, 5.41) is 2.75. The Bertz CT molecular complexity index is 1460. The lowest BCUT2D eigenvalue weighted by Gasteiger charge is -2.07. The van der Waals surface area contributed by atoms with Gasteiger partial charge in [0.2, 0.25) is 0 Å². The lowest BCUT2D eigenvalue weighted by Crippen LogP contribution is -1.86. The molecule has 0 amide bonds. The summed E-state index contributed by atoms with van der Waals surface area (Å²) >= 11 is 3.84. The molecule has 0 unspecified atom stereocenters. The van der Waals surface area contributed by atoms with Gasteiger partial charge in [-0.3, -0.25) is 0 Å². The molecular weight excluding hydrogens is 545 g/mol. The molecule has 0 saturated heterocycles. The molecule has 0 N–H and O–H groups in total. The summed E-state index contributed by atoms with van der Waals surface area (Å²) in [6, 6.07) is 23.2. The van der Waals surface area contributed by atoms with E-state index in [0.717, 1.165) is 0 Å². The van der Waals surface area contributed by atoms with E-state index < -0.39 is 0 Å². The molecule has 0 spiro atoms. The molecule has 0 nitrogen and oxygen atoms in total. The number of unbranched alkanes of at least 4 members (excludes halogenated alkanes) is 6. The number of fused-ring (bicyclic) bond motifs is 2. The number of hydrogen-bond donors (Lipinski definition) is 0. The summed E-state index contributed by atoms with van der Waals surface area (Å²) < 4.78 is 2.78. The maximum Gasteiger partial charge on any atom is 0.0431 e. The van der Waals surface area contributed by atoms with Gasteiger partial charge in [-0.05, 0) is 73.9 Å². The Labute approximate surface area is 261 Å². The van der Waals surface area contributed by atoms with Gasteiger partial charge in [0.1, 0.15) is 0 Å². The normalized spacial score (nSPS) is 12.1. The maximum absolute atomic E-state index is 2.39. The van der Waals surface area contributed by atoms with E-state index in [4.69, 9.17) is 0 Å². The van der Waals surface area contributed by atoms with E-state index >= 15 is 0 Å². The van der Waals surface area contributed by atoms with Crippen molar-refractivity contribution in [3.8, 4) is 0 Å². The van der Waals surface area contributed by atoms with E-state index in [9.17, 15) is 0 Å². The highest BCUT2D eigenvalue weighted by Gasteiger charge is 2.16. The largest absolute Gasteiger partial charge is 0.140 e. The van der Waals surface area contributed by atoms with Gasteiger partial charge in [0.05, 0.1) is 0 Å². The summed E-state index contributed by atoms with van der Waals surface area (Å²) in [7, 11) is 0. The van der Waals surface area contributed by atoms with E-state index in [1.54, 1.807) is 0 Å². The molecule has 0 aliphatic heterocycles. The number of rotatable bonds is 14. The van der Waals surface area contributed by atoms with Gasteiger partial charge in [0.15, 0.2) is 0 Å². The molecule has 0 bridgehead atoms. The molecule has 2 aromatic heterocycles. The van der Waals surface area contributed by atoms with Crippen LogP contribution in [0.3, 0.4) is 0 Å². The van der Waals surface area contributed by atoms with Crippen LogP contribution in [0.4, 0.5) is 0 Å². The molecule has 2 heteroatoms. The molecule has 5 aromatic rings. The van der Waals surface area contributed by atoms with Crippen molar-refractivity contribution in [2.75, 3.05) is 0 Å². The Kier molecular flexibility index (Phi) is 10.9. The predicted molar refractivity (Wildman–Crippen MR) is 193 cm³/mol. The van der Waals surface area contributed by atoms with Crippen LogP contribution in [-0.2, 0) is 12.8 Å². The van der Waals surface area contributed by atoms with Crippen molar-refractivity contribution < 1.29 is 0 Å². The fraction of sp³-hybridized carbons (Fsp3) is 0.350. The highest BCUT2D eigenvalue weighted by Crippen LogP contribution is 2.43. The minimum absolute atomic E-state index is 1.19. The number of benzene rings is 3. The zero-order chi connectivity index (χ0) is 29.3. The van der Waals surface area contributed by atoms with E-state index in [0.29, 0.717) is 0 Å². The van der Waals surface area contributed by atoms with Gasteiger partial charge in [-0.25, -0.2) is 0 Å². The Morgan fingerprint density at radius 1 is 0.500 bits per heavy atom. The SMILES string of the molecule is CCCCCCc1ccc(/C=C/c2c3cc(C)sc3c(/C=C/c3ccc(CCCCCC)cc3)c3cc(C)sc23)cc1. The molecule has 42 heavy (non-hydrogen) atoms. The van der Waals surface area contributed by atoms with E-state index in [1.165, 1.54) is 128 Å². The first kappa shape index (κ1) is 30.5. The van der Waals surface area contributed by atoms with Crippen LogP contribution in [0, 0.1) is 13.8 Å². The van der Waals surface area contributed by atoms with Crippen molar-refractivity contribution in [3.63, 3.8) is 0 Å². The van der Waals surface area contributed by atoms with Crippen molar-refractivity contribution >= 4 is 67.1 Å². The van der Waals surface area contributed by atoms with Crippen LogP contribution in [0.15, 0.2) is 60.7 Å². The molecule has 0 fully saturated rings. The van der Waals surface area contributed by atoms with Gasteiger partial charge in [-0.2, -0.15) is 0 Å². The van der Waals surface area contributed by atoms with Gasteiger partial charge in [-0.1, -0.05) is 125 Å². The minimum Gasteiger partial charge on any atom is -0.140 e. The second-order valence-corrected chi connectivity index (χ2v) is 14.3. The Hall–Kier alpha value is -2.94. The second kappa shape index (κ2) is 15.0. The molecule has 2 heterocycles. The summed E-state index contributed by atoms with van der Waals surface area (Å²) in [5.41, 5.74) is 8.16. The molecule has 0 radical (unpaired) electrons. The maximum atomic E-state index is 2.39. The van der Waals surface area contributed by atoms with E-state index in [2.05, 4.69) is 113 Å². The molecular formula is C40H46S2. The van der Waals surface area contributed by atoms with Gasteiger partial charge >= 0.3 is 0 Å². The van der Waals surface area contributed by atoms with Crippen LogP contribution < -0.4 is 0 Å². The molecule has 218 valence electrons. The van der Waals surface area contributed by atoms with E-state index in [-0.39, 0.29) is 0 Å². The van der Waals surface area contributed by atoms with Crippen molar-refractivity contribution in [1.29, 1.82) is 0 Å². The molecule has 0 aliphatic rings. The first-order valence-corrected chi connectivity index (χ1v) is 17.7. The second-order valence-electron chi connectivity index (χ2n) is 11.8. The molecule has 0 saturated carbocycles. The van der Waals surface area contributed by atoms with Crippen molar-refractivity contribution in [1.82, 2.24) is 0 Å². The minimum atomic E-state index is 1.19. The average molecular weight is 591 g/mol. The van der Waals surface area contributed by atoms with Gasteiger partial charge in [0, 0.05) is 41.1 Å². The summed E-state index contributed by atoms with van der Waals surface area (Å²) in [5.74, 6) is 0. The standard InChI is InChI=1S/C40H46S2/c1-5-7-9-11-13-31-15-19-33(20-16-31)23-25-35-37-27-29(3)42-40(37)36(38-28-30(4)41-39(35)38)26-24-34-21-17-32(18-22-34)14-12-10-8-6-2/h15-28H,5-14H2,1-4H3/b25-23+,26-24+. The monoisotopic (exact) mass is 590 g/mol. The number of aryl methyl sites for hydroxylation is 4. The summed E-state index contributed by atoms with van der Waals surface area (Å²) in [6.07, 6.45) is 22.2. The van der Waals surface area contributed by atoms with Gasteiger partial charge in [0.25, 0.3) is 0 Å². The van der Waals surface area contributed by atoms with Crippen LogP contribution in [0.5, 0.6) is 0 Å². The van der Waals surface area contributed by atoms with Crippen molar-refractivity contribution in [2.24, 2.45) is 0 Å². The highest BCUT2D eigenvalue weighted by molar-refractivity contribution is 7.21. The summed E-state index contributed by atoms with van der Waals surface area (Å²) in [6.45, 7) is 9.03. The summed E-state index contributed by atoms with van der Waals surface area (Å²) in [4.78, 5) is 2.73. The topological polar surface area (TPSA) is 0 Å². The van der Waals surface area contributed by atoms with Crippen LogP contribution >= 0.6 is 22.7 Å². The van der Waals surface area contributed by atoms with Crippen LogP contribution in [0.1, 0.15) is 108 Å². The third-order valence-electron chi connectivity index (χ3n) is 8.26. The Balaban J connectivity index is 1.41. The van der Waals surface area contributed by atoms with Crippen LogP contribution in [0.25, 0.3) is 44.5 Å². The first-order valence-electron chi connectivity index (χ1n) is 16.1. The van der Waals surface area contributed by atoms with E-state index in [1.807, 2.05) is 22.7 Å². The molecule has 0 atom stereocenters. The average Bonchev–Trinajstić information content (AvgIpc) is 3.58. The zero-order valence-corrected chi connectivity index (χ0v) is 27.6. The van der Waals surface area contributed by atoms with Crippen LogP contribution in [-0.4, -0.2) is 0 Å². The lowest BCUT2D eigenvalue weighted by atomic mass is 9.99. The third kappa shape index (κ3) is 7.71. The molecule has 3 aromatic carbocycles. The molecule has 0 aliphatic carbocycles. The van der Waals surface area contributed by atoms with Crippen molar-refractivity contribution in [3.05, 3.63) is 104 Å². The quantitative estimate of drug-likeness (QED) is 0.0891. The number of thiophene rings is 2. The lowest BCUT2D eigenvalue weighted by molar-refractivity contribution is 0.667. The highest BCUT2D eigenvalue weighted by atomic mass is 32.1. The zero-order valence-electron chi connectivity index (χ0n) is 26.0. The smallest absolute Gasteiger partial charge is 0.0431 e. The Morgan fingerprint density at radius 2 is 0.905 bits per heavy atom. The first-order chi connectivity index (χ1) is 20.6. The van der Waals surface area contributed by atoms with Gasteiger partial charge < -0.3 is 0 Å². The fourth-order valence-electron chi connectivity index (χ4n) is 5.87. The number of hydrogen-bond acceptors (Lipinski definition) is 2. The molecule has 5 rings (SSSR count). The van der Waals surface area contributed by atoms with Crippen LogP contribution in [0.2, 0.25) is 0 Å². The third-order valence-corrected chi connectivity index (χ3v) is 10.4. The predicted octanol–water partition coefficient (Wildman–Crippen LogP) is 13.3. The van der Waals surface area contributed by atoms with Crippen molar-refractivity contribution in [2.45, 2.75) is 91.9 Å². The van der Waals surface area contributed by atoms with Gasteiger partial charge in [-0.15, -0.1) is 22.7 Å².